The Kier molecular flexibility index (Phi) is 9.74. The number of hydrogen-bond acceptors (Lipinski definition) is 9. The Morgan fingerprint density at radius 3 is 1.97 bits per heavy atom. The van der Waals surface area contributed by atoms with Gasteiger partial charge in [-0.3, -0.25) is 9.69 Å². The van der Waals surface area contributed by atoms with Crippen LogP contribution >= 0.6 is 0 Å². The zero-order chi connectivity index (χ0) is 26.0. The van der Waals surface area contributed by atoms with Gasteiger partial charge < -0.3 is 28.4 Å². The molecule has 1 atom stereocenters. The molecule has 0 aliphatic rings. The van der Waals surface area contributed by atoms with Crippen LogP contribution in [0.25, 0.3) is 0 Å². The minimum Gasteiger partial charge on any atom is -0.493 e. The van der Waals surface area contributed by atoms with E-state index in [9.17, 15) is 14.4 Å². The number of carbonyl (C=O) groups excluding carboxylic acids is 3. The summed E-state index contributed by atoms with van der Waals surface area (Å²) in [5.74, 6) is -0.289. The first kappa shape index (κ1) is 27.3. The lowest BCUT2D eigenvalue weighted by Crippen LogP contribution is -2.50. The summed E-state index contributed by atoms with van der Waals surface area (Å²) in [5.41, 5.74) is -0.157. The van der Waals surface area contributed by atoms with E-state index < -0.39 is 30.4 Å². The van der Waals surface area contributed by atoms with E-state index in [1.165, 1.54) is 52.3 Å². The molecular formula is C25H31NO9. The number of hydrogen-bond donors (Lipinski definition) is 0. The van der Waals surface area contributed by atoms with Crippen molar-refractivity contribution in [3.63, 3.8) is 0 Å². The van der Waals surface area contributed by atoms with Crippen LogP contribution in [-0.2, 0) is 24.5 Å². The Hall–Kier alpha value is -3.95. The number of amides is 1. The molecule has 0 saturated heterocycles. The summed E-state index contributed by atoms with van der Waals surface area (Å²) in [5, 5.41) is 0. The van der Waals surface area contributed by atoms with Crippen molar-refractivity contribution in [3.05, 3.63) is 53.6 Å². The molecule has 10 heteroatoms. The number of nitrogens with zero attached hydrogens (tertiary/aromatic N) is 1. The molecule has 0 spiro atoms. The average Bonchev–Trinajstić information content (AvgIpc) is 2.88. The quantitative estimate of drug-likeness (QED) is 0.344. The van der Waals surface area contributed by atoms with Gasteiger partial charge in [0.15, 0.2) is 11.5 Å². The van der Waals surface area contributed by atoms with Crippen molar-refractivity contribution in [2.75, 3.05) is 41.8 Å². The van der Waals surface area contributed by atoms with E-state index in [-0.39, 0.29) is 12.2 Å². The van der Waals surface area contributed by atoms with Gasteiger partial charge in [-0.25, -0.2) is 9.59 Å². The van der Waals surface area contributed by atoms with Gasteiger partial charge in [0.2, 0.25) is 12.5 Å². The molecule has 0 aromatic heterocycles. The second-order valence-electron chi connectivity index (χ2n) is 7.46. The maximum absolute atomic E-state index is 13.0. The lowest BCUT2D eigenvalue weighted by Gasteiger charge is -2.40. The number of benzene rings is 2. The van der Waals surface area contributed by atoms with Crippen molar-refractivity contribution >= 4 is 18.0 Å². The molecule has 0 radical (unpaired) electrons. The van der Waals surface area contributed by atoms with E-state index in [2.05, 4.69) is 0 Å². The van der Waals surface area contributed by atoms with Crippen LogP contribution in [0, 0.1) is 0 Å². The van der Waals surface area contributed by atoms with Gasteiger partial charge in [-0.05, 0) is 24.1 Å². The summed E-state index contributed by atoms with van der Waals surface area (Å²) in [6.07, 6.45) is -0.362. The summed E-state index contributed by atoms with van der Waals surface area (Å²) in [7, 11) is 5.88. The maximum atomic E-state index is 13.0. The third-order valence-electron chi connectivity index (χ3n) is 5.60. The molecule has 0 saturated carbocycles. The highest BCUT2D eigenvalue weighted by Gasteiger charge is 2.40. The lowest BCUT2D eigenvalue weighted by molar-refractivity contribution is -0.150. The zero-order valence-electron chi connectivity index (χ0n) is 20.8. The Morgan fingerprint density at radius 1 is 0.886 bits per heavy atom. The van der Waals surface area contributed by atoms with Crippen LogP contribution in [0.15, 0.2) is 42.5 Å². The van der Waals surface area contributed by atoms with E-state index in [4.69, 9.17) is 28.4 Å². The highest BCUT2D eigenvalue weighted by Crippen LogP contribution is 2.39. The van der Waals surface area contributed by atoms with Gasteiger partial charge in [-0.2, -0.15) is 0 Å². The summed E-state index contributed by atoms with van der Waals surface area (Å²) in [6, 6.07) is 12.1. The summed E-state index contributed by atoms with van der Waals surface area (Å²) in [6.45, 7) is 2.36. The molecule has 2 rings (SSSR count). The fourth-order valence-electron chi connectivity index (χ4n) is 3.57. The predicted molar refractivity (Wildman–Crippen MR) is 126 cm³/mol. The van der Waals surface area contributed by atoms with Crippen LogP contribution in [0.2, 0.25) is 0 Å². The molecule has 0 bridgehead atoms. The molecule has 2 aromatic carbocycles. The zero-order valence-corrected chi connectivity index (χ0v) is 20.8. The van der Waals surface area contributed by atoms with Crippen molar-refractivity contribution in [1.29, 1.82) is 0 Å². The minimum atomic E-state index is -1.06. The number of methoxy groups -OCH3 is 3. The predicted octanol–water partition coefficient (Wildman–Crippen LogP) is 3.76. The lowest BCUT2D eigenvalue weighted by atomic mass is 9.86. The Bertz CT molecular complexity index is 1000. The number of esters is 2. The van der Waals surface area contributed by atoms with Crippen LogP contribution in [0.4, 0.5) is 4.79 Å². The average molecular weight is 490 g/mol. The van der Waals surface area contributed by atoms with Crippen molar-refractivity contribution in [2.24, 2.45) is 0 Å². The van der Waals surface area contributed by atoms with E-state index >= 15 is 0 Å². The monoisotopic (exact) mass is 489 g/mol. The minimum absolute atomic E-state index is 0.178. The third-order valence-corrected chi connectivity index (χ3v) is 5.60. The molecule has 0 aliphatic carbocycles. The number of carbonyl (C=O) groups is 3. The van der Waals surface area contributed by atoms with Crippen LogP contribution in [0.1, 0.15) is 36.2 Å². The molecule has 2 aromatic rings. The van der Waals surface area contributed by atoms with E-state index in [0.29, 0.717) is 23.7 Å². The topological polar surface area (TPSA) is 110 Å². The highest BCUT2D eigenvalue weighted by atomic mass is 16.7. The molecular weight excluding hydrogens is 458 g/mol. The van der Waals surface area contributed by atoms with E-state index in [1.807, 2.05) is 37.3 Å². The Balaban J connectivity index is 2.35. The highest BCUT2D eigenvalue weighted by molar-refractivity contribution is 5.91. The Morgan fingerprint density at radius 2 is 1.49 bits per heavy atom. The molecule has 10 nitrogen and oxygen atoms in total. The molecule has 35 heavy (non-hydrogen) atoms. The van der Waals surface area contributed by atoms with Crippen molar-refractivity contribution in [1.82, 2.24) is 4.90 Å². The number of rotatable bonds is 11. The van der Waals surface area contributed by atoms with Crippen LogP contribution in [0.5, 0.6) is 17.2 Å². The molecule has 0 aliphatic heterocycles. The second-order valence-corrected chi connectivity index (χ2v) is 7.46. The molecule has 0 N–H and O–H groups in total. The van der Waals surface area contributed by atoms with Gasteiger partial charge in [0.1, 0.15) is 12.1 Å². The largest absolute Gasteiger partial charge is 0.493 e. The first-order valence-corrected chi connectivity index (χ1v) is 10.8. The molecule has 0 unspecified atom stereocenters. The van der Waals surface area contributed by atoms with Crippen LogP contribution < -0.4 is 14.2 Å². The molecule has 0 fully saturated rings. The molecule has 0 heterocycles. The van der Waals surface area contributed by atoms with E-state index in [0.717, 1.165) is 5.56 Å². The van der Waals surface area contributed by atoms with E-state index in [1.54, 1.807) is 0 Å². The van der Waals surface area contributed by atoms with Crippen molar-refractivity contribution in [3.8, 4) is 17.2 Å². The summed E-state index contributed by atoms with van der Waals surface area (Å²) < 4.78 is 31.4. The van der Waals surface area contributed by atoms with Crippen molar-refractivity contribution in [2.45, 2.75) is 25.8 Å². The molecule has 190 valence electrons. The van der Waals surface area contributed by atoms with Crippen molar-refractivity contribution < 1.29 is 42.8 Å². The SMILES string of the molecule is CC[C@](COC(=O)c1cc(OC)c(OC)c(OC)c1)(c1ccccc1)N(C)C(=O)OCOC(C)=O. The summed E-state index contributed by atoms with van der Waals surface area (Å²) >= 11 is 0. The van der Waals surface area contributed by atoms with Gasteiger partial charge >= 0.3 is 18.0 Å². The van der Waals surface area contributed by atoms with Gasteiger partial charge in [-0.15, -0.1) is 0 Å². The standard InChI is InChI=1S/C25H31NO9/c1-7-25(19-11-9-8-10-12-19,26(3)24(29)35-16-34-17(2)27)15-33-23(28)18-13-20(30-4)22(32-6)21(14-18)31-5/h8-14H,7,15-16H2,1-6H3/t25-/m0/s1. The van der Waals surface area contributed by atoms with Gasteiger partial charge in [0.05, 0.1) is 26.9 Å². The normalized spacial score (nSPS) is 12.1. The Labute approximate surface area is 204 Å². The van der Waals surface area contributed by atoms with Crippen LogP contribution in [-0.4, -0.2) is 64.7 Å². The number of likely N-dealkylation sites (N-methyl/N-ethyl adjacent to an activating group) is 1. The smallest absolute Gasteiger partial charge is 0.413 e. The third kappa shape index (κ3) is 6.34. The van der Waals surface area contributed by atoms with Gasteiger partial charge in [0, 0.05) is 14.0 Å². The number of ether oxygens (including phenoxy) is 6. The maximum Gasteiger partial charge on any atom is 0.413 e. The van der Waals surface area contributed by atoms with Gasteiger partial charge in [0.25, 0.3) is 0 Å². The fraction of sp³-hybridized carbons (Fsp3) is 0.400. The first-order chi connectivity index (χ1) is 16.7. The summed E-state index contributed by atoms with van der Waals surface area (Å²) in [4.78, 5) is 38.2. The fourth-order valence-corrected chi connectivity index (χ4v) is 3.57. The van der Waals surface area contributed by atoms with Gasteiger partial charge in [-0.1, -0.05) is 37.3 Å². The first-order valence-electron chi connectivity index (χ1n) is 10.8. The molecule has 1 amide bonds. The second kappa shape index (κ2) is 12.5. The van der Waals surface area contributed by atoms with Crippen LogP contribution in [0.3, 0.4) is 0 Å².